The second kappa shape index (κ2) is 6.86. The van der Waals surface area contributed by atoms with E-state index in [4.69, 9.17) is 5.11 Å². The number of carboxylic acids is 1. The molecule has 4 nitrogen and oxygen atoms in total. The molecule has 8 atom stereocenters. The number of carbonyl (C=O) groups excluding carboxylic acids is 1. The quantitative estimate of drug-likeness (QED) is 0.761. The molecule has 4 rings (SSSR count). The Balaban J connectivity index is 1.49. The topological polar surface area (TPSA) is 74.6 Å². The molecule has 4 heteroatoms. The van der Waals surface area contributed by atoms with Gasteiger partial charge in [0.15, 0.2) is 0 Å². The first-order chi connectivity index (χ1) is 12.8. The van der Waals surface area contributed by atoms with Gasteiger partial charge in [0.1, 0.15) is 5.78 Å². The average Bonchev–Trinajstić information content (AvgIpc) is 2.91. The number of carbonyl (C=O) groups is 2. The summed E-state index contributed by atoms with van der Waals surface area (Å²) in [7, 11) is 0. The van der Waals surface area contributed by atoms with Crippen molar-refractivity contribution in [3.63, 3.8) is 0 Å². The molecule has 0 aliphatic heterocycles. The van der Waals surface area contributed by atoms with Crippen LogP contribution >= 0.6 is 0 Å². The molecule has 0 radical (unpaired) electrons. The minimum Gasteiger partial charge on any atom is -0.481 e. The van der Waals surface area contributed by atoms with Crippen molar-refractivity contribution in [1.29, 1.82) is 0 Å². The molecule has 4 unspecified atom stereocenters. The van der Waals surface area contributed by atoms with E-state index in [1.807, 2.05) is 0 Å². The zero-order valence-electron chi connectivity index (χ0n) is 17.0. The highest BCUT2D eigenvalue weighted by molar-refractivity contribution is 5.87. The third-order valence-corrected chi connectivity index (χ3v) is 9.50. The summed E-state index contributed by atoms with van der Waals surface area (Å²) in [6.07, 6.45) is 9.97. The van der Waals surface area contributed by atoms with Gasteiger partial charge in [0.2, 0.25) is 0 Å². The normalized spacial score (nSPS) is 49.2. The molecule has 2 N–H and O–H groups in total. The molecule has 0 amide bonds. The van der Waals surface area contributed by atoms with Crippen LogP contribution in [0.5, 0.6) is 0 Å². The Hall–Kier alpha value is -0.900. The van der Waals surface area contributed by atoms with Crippen LogP contribution in [0.15, 0.2) is 0 Å². The number of fused-ring (bicyclic) bond motifs is 5. The fourth-order valence-electron chi connectivity index (χ4n) is 7.96. The lowest BCUT2D eigenvalue weighted by Gasteiger charge is -2.61. The minimum atomic E-state index is -0.701. The smallest absolute Gasteiger partial charge is 0.303 e. The van der Waals surface area contributed by atoms with Gasteiger partial charge in [0.25, 0.3) is 0 Å². The average molecular weight is 377 g/mol. The maximum absolute atomic E-state index is 12.5. The van der Waals surface area contributed by atoms with Crippen LogP contribution in [0.1, 0.15) is 84.5 Å². The summed E-state index contributed by atoms with van der Waals surface area (Å²) in [5.41, 5.74) is 0.0662. The van der Waals surface area contributed by atoms with Gasteiger partial charge in [0, 0.05) is 18.3 Å². The third kappa shape index (κ3) is 3.07. The van der Waals surface area contributed by atoms with E-state index in [1.54, 1.807) is 0 Å². The van der Waals surface area contributed by atoms with E-state index >= 15 is 0 Å². The minimum absolute atomic E-state index is 0.127. The molecule has 0 spiro atoms. The van der Waals surface area contributed by atoms with Crippen molar-refractivity contribution in [1.82, 2.24) is 0 Å². The summed E-state index contributed by atoms with van der Waals surface area (Å²) >= 11 is 0. The van der Waals surface area contributed by atoms with Gasteiger partial charge < -0.3 is 10.2 Å². The SMILES string of the molecule is C[C@]12CC[C@H](CCCC(=O)O)CC1[C@@H](O)CC1C2CC[C@]2(C)C(=O)CCC12. The highest BCUT2D eigenvalue weighted by Gasteiger charge is 2.61. The number of aliphatic hydroxyl groups is 1. The van der Waals surface area contributed by atoms with E-state index < -0.39 is 5.97 Å². The van der Waals surface area contributed by atoms with Crippen molar-refractivity contribution in [2.24, 2.45) is 40.4 Å². The van der Waals surface area contributed by atoms with Gasteiger partial charge in [-0.3, -0.25) is 9.59 Å². The van der Waals surface area contributed by atoms with Crippen LogP contribution in [-0.4, -0.2) is 28.1 Å². The number of aliphatic carboxylic acids is 1. The van der Waals surface area contributed by atoms with Crippen molar-refractivity contribution in [2.45, 2.75) is 90.6 Å². The first-order valence-electron chi connectivity index (χ1n) is 11.2. The zero-order valence-corrected chi connectivity index (χ0v) is 17.0. The summed E-state index contributed by atoms with van der Waals surface area (Å²) in [4.78, 5) is 23.3. The molecule has 0 aromatic rings. The summed E-state index contributed by atoms with van der Waals surface area (Å²) in [5, 5.41) is 20.0. The van der Waals surface area contributed by atoms with Gasteiger partial charge in [-0.15, -0.1) is 0 Å². The maximum Gasteiger partial charge on any atom is 0.303 e. The molecule has 0 heterocycles. The second-order valence-corrected chi connectivity index (χ2v) is 10.6. The Kier molecular flexibility index (Phi) is 4.93. The van der Waals surface area contributed by atoms with Crippen molar-refractivity contribution < 1.29 is 19.8 Å². The van der Waals surface area contributed by atoms with Crippen LogP contribution in [-0.2, 0) is 9.59 Å². The van der Waals surface area contributed by atoms with E-state index in [2.05, 4.69) is 13.8 Å². The molecule has 4 fully saturated rings. The van der Waals surface area contributed by atoms with E-state index in [0.717, 1.165) is 57.8 Å². The van der Waals surface area contributed by atoms with Crippen molar-refractivity contribution in [3.8, 4) is 0 Å². The largest absolute Gasteiger partial charge is 0.481 e. The highest BCUT2D eigenvalue weighted by Crippen LogP contribution is 2.66. The van der Waals surface area contributed by atoms with Crippen molar-refractivity contribution in [2.75, 3.05) is 0 Å². The number of carboxylic acid groups (broad SMARTS) is 1. The molecule has 4 saturated carbocycles. The Bertz CT molecular complexity index is 615. The number of ketones is 1. The molecule has 4 aliphatic rings. The summed E-state index contributed by atoms with van der Waals surface area (Å²) in [5.74, 6) is 2.32. The lowest BCUT2D eigenvalue weighted by atomic mass is 9.44. The predicted octanol–water partition coefficient (Wildman–Crippen LogP) is 4.44. The van der Waals surface area contributed by atoms with Gasteiger partial charge >= 0.3 is 5.97 Å². The number of aliphatic hydroxyl groups excluding tert-OH is 1. The predicted molar refractivity (Wildman–Crippen MR) is 103 cm³/mol. The molecule has 27 heavy (non-hydrogen) atoms. The highest BCUT2D eigenvalue weighted by atomic mass is 16.4. The molecule has 4 aliphatic carbocycles. The van der Waals surface area contributed by atoms with E-state index in [0.29, 0.717) is 35.4 Å². The standard InChI is InChI=1S/C23H36O4/c1-22-10-8-14(4-3-5-21(26)27)12-18(22)19(24)13-15-16-6-7-20(25)23(16,2)11-9-17(15)22/h14-19,24H,3-13H2,1-2H3,(H,26,27)/t14-,15?,16?,17?,18?,19-,22+,23-/m0/s1. The monoisotopic (exact) mass is 376 g/mol. The van der Waals surface area contributed by atoms with Gasteiger partial charge in [-0.05, 0) is 92.8 Å². The molecule has 0 aromatic carbocycles. The Morgan fingerprint density at radius 1 is 1.07 bits per heavy atom. The fourth-order valence-corrected chi connectivity index (χ4v) is 7.96. The lowest BCUT2D eigenvalue weighted by Crippen LogP contribution is -2.57. The molecule has 0 bridgehead atoms. The maximum atomic E-state index is 12.5. The zero-order chi connectivity index (χ0) is 19.4. The van der Waals surface area contributed by atoms with Crippen LogP contribution in [0, 0.1) is 40.4 Å². The van der Waals surface area contributed by atoms with Crippen LogP contribution in [0.2, 0.25) is 0 Å². The van der Waals surface area contributed by atoms with Gasteiger partial charge in [-0.25, -0.2) is 0 Å². The third-order valence-electron chi connectivity index (χ3n) is 9.50. The number of hydrogen-bond donors (Lipinski definition) is 2. The van der Waals surface area contributed by atoms with E-state index in [1.165, 1.54) is 6.42 Å². The summed E-state index contributed by atoms with van der Waals surface area (Å²) in [6, 6.07) is 0. The van der Waals surface area contributed by atoms with Crippen LogP contribution in [0.25, 0.3) is 0 Å². The van der Waals surface area contributed by atoms with Crippen LogP contribution in [0.4, 0.5) is 0 Å². The van der Waals surface area contributed by atoms with Crippen molar-refractivity contribution in [3.05, 3.63) is 0 Å². The molecule has 0 aromatic heterocycles. The molecular formula is C23H36O4. The summed E-state index contributed by atoms with van der Waals surface area (Å²) in [6.45, 7) is 4.62. The first-order valence-corrected chi connectivity index (χ1v) is 11.2. The number of Topliss-reactive ketones (excluding diaryl/α,β-unsaturated/α-hetero) is 1. The lowest BCUT2D eigenvalue weighted by molar-refractivity contribution is -0.165. The summed E-state index contributed by atoms with van der Waals surface area (Å²) < 4.78 is 0. The van der Waals surface area contributed by atoms with E-state index in [9.17, 15) is 14.7 Å². The van der Waals surface area contributed by atoms with Crippen LogP contribution in [0.3, 0.4) is 0 Å². The Morgan fingerprint density at radius 3 is 2.59 bits per heavy atom. The first kappa shape index (κ1) is 19.4. The van der Waals surface area contributed by atoms with Gasteiger partial charge in [-0.1, -0.05) is 13.8 Å². The molecule has 152 valence electrons. The Morgan fingerprint density at radius 2 is 1.85 bits per heavy atom. The number of hydrogen-bond acceptors (Lipinski definition) is 3. The van der Waals surface area contributed by atoms with Gasteiger partial charge in [-0.2, -0.15) is 0 Å². The Labute approximate surface area is 163 Å². The van der Waals surface area contributed by atoms with E-state index in [-0.39, 0.29) is 23.4 Å². The van der Waals surface area contributed by atoms with Gasteiger partial charge in [0.05, 0.1) is 6.10 Å². The molecule has 0 saturated heterocycles. The number of rotatable bonds is 4. The second-order valence-electron chi connectivity index (χ2n) is 10.6. The van der Waals surface area contributed by atoms with Crippen molar-refractivity contribution >= 4 is 11.8 Å². The fraction of sp³-hybridized carbons (Fsp3) is 0.913. The molecular weight excluding hydrogens is 340 g/mol. The van der Waals surface area contributed by atoms with Crippen LogP contribution < -0.4 is 0 Å².